The zero-order chi connectivity index (χ0) is 19.5. The van der Waals surface area contributed by atoms with Gasteiger partial charge in [-0.15, -0.1) is 0 Å². The largest absolute Gasteiger partial charge is 0.366 e. The number of carbonyl (C=O) groups is 1. The van der Waals surface area contributed by atoms with E-state index in [-0.39, 0.29) is 11.1 Å². The van der Waals surface area contributed by atoms with Gasteiger partial charge in [0, 0.05) is 28.9 Å². The molecule has 6 heteroatoms. The first-order valence-electron chi connectivity index (χ1n) is 9.02. The third kappa shape index (κ3) is 5.66. The van der Waals surface area contributed by atoms with Gasteiger partial charge in [-0.25, -0.2) is 9.97 Å². The van der Waals surface area contributed by atoms with E-state index >= 15 is 0 Å². The Bertz CT molecular complexity index is 717. The van der Waals surface area contributed by atoms with Crippen LogP contribution in [-0.4, -0.2) is 33.0 Å². The molecule has 26 heavy (non-hydrogen) atoms. The molecule has 0 aromatic carbocycles. The number of nitrogens with two attached hydrogens (primary N) is 1. The molecular weight excluding hydrogens is 326 g/mol. The van der Waals surface area contributed by atoms with E-state index in [9.17, 15) is 4.79 Å². The number of anilines is 1. The number of aromatic nitrogens is 2. The highest BCUT2D eigenvalue weighted by Crippen LogP contribution is 2.30. The molecule has 1 aromatic rings. The van der Waals surface area contributed by atoms with Crippen LogP contribution in [0.2, 0.25) is 0 Å². The van der Waals surface area contributed by atoms with Crippen molar-refractivity contribution in [1.29, 1.82) is 0 Å². The van der Waals surface area contributed by atoms with Gasteiger partial charge in [0.15, 0.2) is 0 Å². The molecule has 0 atom stereocenters. The Balaban J connectivity index is 2.15. The number of piperidine rings is 1. The van der Waals surface area contributed by atoms with Crippen LogP contribution in [0, 0.1) is 0 Å². The van der Waals surface area contributed by atoms with Crippen LogP contribution in [-0.2, 0) is 4.79 Å². The summed E-state index contributed by atoms with van der Waals surface area (Å²) < 4.78 is 0. The number of allylic oxidation sites excluding steroid dienone is 3. The lowest BCUT2D eigenvalue weighted by molar-refractivity contribution is -0.114. The molecule has 0 aliphatic carbocycles. The van der Waals surface area contributed by atoms with E-state index in [0.717, 1.165) is 24.1 Å². The molecule has 0 unspecified atom stereocenters. The van der Waals surface area contributed by atoms with Crippen molar-refractivity contribution in [2.45, 2.75) is 71.5 Å². The van der Waals surface area contributed by atoms with Crippen LogP contribution >= 0.6 is 0 Å². The molecule has 1 fully saturated rings. The Morgan fingerprint density at radius 1 is 1.23 bits per heavy atom. The van der Waals surface area contributed by atoms with Gasteiger partial charge in [-0.1, -0.05) is 12.2 Å². The number of amides is 1. The number of nitrogens with zero attached hydrogens (tertiary/aromatic N) is 2. The first kappa shape index (κ1) is 20.1. The van der Waals surface area contributed by atoms with Crippen LogP contribution in [0.4, 0.5) is 5.95 Å². The van der Waals surface area contributed by atoms with Crippen molar-refractivity contribution in [2.75, 3.05) is 5.32 Å². The average molecular weight is 358 g/mol. The van der Waals surface area contributed by atoms with Crippen molar-refractivity contribution >= 4 is 17.4 Å². The summed E-state index contributed by atoms with van der Waals surface area (Å²) in [5, 5.41) is 7.17. The minimum Gasteiger partial charge on any atom is -0.366 e. The topological polar surface area (TPSA) is 92.9 Å². The highest BCUT2D eigenvalue weighted by Gasteiger charge is 2.37. The zero-order valence-electron chi connectivity index (χ0n) is 16.7. The Morgan fingerprint density at radius 2 is 1.85 bits per heavy atom. The Hall–Kier alpha value is -2.21. The minimum absolute atomic E-state index is 0.0595. The van der Waals surface area contributed by atoms with Crippen LogP contribution in [0.3, 0.4) is 0 Å². The molecular formula is C20H31N5O. The first-order chi connectivity index (χ1) is 12.0. The van der Waals surface area contributed by atoms with Gasteiger partial charge in [-0.05, 0) is 66.0 Å². The molecule has 2 rings (SSSR count). The van der Waals surface area contributed by atoms with E-state index in [0.29, 0.717) is 17.6 Å². The van der Waals surface area contributed by atoms with Crippen molar-refractivity contribution < 1.29 is 4.79 Å². The number of primary amides is 1. The summed E-state index contributed by atoms with van der Waals surface area (Å²) in [6.07, 6.45) is 7.32. The number of hydrogen-bond acceptors (Lipinski definition) is 5. The van der Waals surface area contributed by atoms with Gasteiger partial charge in [0.1, 0.15) is 0 Å². The second-order valence-corrected chi connectivity index (χ2v) is 8.47. The lowest BCUT2D eigenvalue weighted by atomic mass is 9.80. The predicted molar refractivity (Wildman–Crippen MR) is 107 cm³/mol. The molecule has 1 aromatic heterocycles. The summed E-state index contributed by atoms with van der Waals surface area (Å²) in [6.45, 7) is 12.5. The molecule has 1 amide bonds. The number of hydrogen-bond donors (Lipinski definition) is 3. The quantitative estimate of drug-likeness (QED) is 0.556. The van der Waals surface area contributed by atoms with Crippen molar-refractivity contribution in [3.05, 3.63) is 35.7 Å². The molecule has 2 heterocycles. The summed E-state index contributed by atoms with van der Waals surface area (Å²) in [7, 11) is 0. The summed E-state index contributed by atoms with van der Waals surface area (Å²) in [4.78, 5) is 20.1. The molecule has 1 aliphatic heterocycles. The van der Waals surface area contributed by atoms with Crippen LogP contribution in [0.15, 0.2) is 30.0 Å². The molecule has 0 saturated carbocycles. The highest BCUT2D eigenvalue weighted by molar-refractivity contribution is 5.91. The van der Waals surface area contributed by atoms with Crippen LogP contribution in [0.1, 0.15) is 60.1 Å². The molecule has 0 bridgehead atoms. The van der Waals surface area contributed by atoms with Crippen molar-refractivity contribution in [1.82, 2.24) is 15.3 Å². The molecule has 4 N–H and O–H groups in total. The molecule has 1 aliphatic rings. The second kappa shape index (κ2) is 7.58. The average Bonchev–Trinajstić information content (AvgIpc) is 2.49. The van der Waals surface area contributed by atoms with E-state index in [2.05, 4.69) is 48.3 Å². The number of rotatable bonds is 5. The number of nitrogens with one attached hydrogen (secondary N) is 2. The normalized spacial score (nSPS) is 20.7. The van der Waals surface area contributed by atoms with E-state index in [4.69, 9.17) is 5.73 Å². The zero-order valence-corrected chi connectivity index (χ0v) is 16.7. The van der Waals surface area contributed by atoms with E-state index in [1.807, 2.05) is 19.1 Å². The molecule has 1 saturated heterocycles. The van der Waals surface area contributed by atoms with Gasteiger partial charge >= 0.3 is 0 Å². The standard InChI is InChI=1S/C20H31N5O/c1-13(7-8-14(2)17(21)26)16-9-10-22-18(24-16)23-15-11-19(3,4)25-20(5,6)12-15/h7-10,15,25H,11-12H2,1-6H3,(H2,21,26)(H,22,23,24)/b13-7+,14-8+. The lowest BCUT2D eigenvalue weighted by Gasteiger charge is -2.46. The molecule has 0 spiro atoms. The maximum atomic E-state index is 11.1. The third-order valence-electron chi connectivity index (χ3n) is 4.56. The van der Waals surface area contributed by atoms with Crippen LogP contribution in [0.5, 0.6) is 0 Å². The monoisotopic (exact) mass is 357 g/mol. The molecule has 6 nitrogen and oxygen atoms in total. The summed E-state index contributed by atoms with van der Waals surface area (Å²) in [5.41, 5.74) is 7.65. The fraction of sp³-hybridized carbons (Fsp3) is 0.550. The fourth-order valence-electron chi connectivity index (χ4n) is 3.67. The number of carbonyl (C=O) groups excluding carboxylic acids is 1. The van der Waals surface area contributed by atoms with Crippen molar-refractivity contribution in [2.24, 2.45) is 5.73 Å². The second-order valence-electron chi connectivity index (χ2n) is 8.47. The van der Waals surface area contributed by atoms with Gasteiger partial charge in [0.2, 0.25) is 11.9 Å². The predicted octanol–water partition coefficient (Wildman–Crippen LogP) is 3.03. The van der Waals surface area contributed by atoms with E-state index in [1.54, 1.807) is 19.2 Å². The Kier molecular flexibility index (Phi) is 5.86. The first-order valence-corrected chi connectivity index (χ1v) is 9.02. The Morgan fingerprint density at radius 3 is 2.42 bits per heavy atom. The summed E-state index contributed by atoms with van der Waals surface area (Å²) in [5.74, 6) is 0.208. The van der Waals surface area contributed by atoms with E-state index < -0.39 is 5.91 Å². The third-order valence-corrected chi connectivity index (χ3v) is 4.56. The maximum Gasteiger partial charge on any atom is 0.244 e. The molecule has 142 valence electrons. The lowest BCUT2D eigenvalue weighted by Crippen LogP contribution is -2.60. The van der Waals surface area contributed by atoms with Crippen molar-refractivity contribution in [3.8, 4) is 0 Å². The van der Waals surface area contributed by atoms with Crippen LogP contribution in [0.25, 0.3) is 5.57 Å². The van der Waals surface area contributed by atoms with Gasteiger partial charge in [-0.2, -0.15) is 0 Å². The fourth-order valence-corrected chi connectivity index (χ4v) is 3.67. The highest BCUT2D eigenvalue weighted by atomic mass is 16.1. The minimum atomic E-state index is -0.421. The summed E-state index contributed by atoms with van der Waals surface area (Å²) >= 11 is 0. The SMILES string of the molecule is C/C(=C\C=C(/C)c1ccnc(NC2CC(C)(C)NC(C)(C)C2)n1)C(N)=O. The maximum absolute atomic E-state index is 11.1. The van der Waals surface area contributed by atoms with Gasteiger partial charge in [0.05, 0.1) is 5.69 Å². The Labute approximate surface area is 156 Å². The van der Waals surface area contributed by atoms with Gasteiger partial charge in [0.25, 0.3) is 0 Å². The van der Waals surface area contributed by atoms with Crippen LogP contribution < -0.4 is 16.4 Å². The molecule has 0 radical (unpaired) electrons. The van der Waals surface area contributed by atoms with Crippen molar-refractivity contribution in [3.63, 3.8) is 0 Å². The summed E-state index contributed by atoms with van der Waals surface area (Å²) in [6, 6.07) is 2.17. The van der Waals surface area contributed by atoms with Gasteiger partial charge in [-0.3, -0.25) is 4.79 Å². The van der Waals surface area contributed by atoms with E-state index in [1.165, 1.54) is 0 Å². The smallest absolute Gasteiger partial charge is 0.244 e. The van der Waals surface area contributed by atoms with Gasteiger partial charge < -0.3 is 16.4 Å².